The van der Waals surface area contributed by atoms with Crippen molar-refractivity contribution in [2.24, 2.45) is 0 Å². The van der Waals surface area contributed by atoms with Gasteiger partial charge in [0.15, 0.2) is 11.6 Å². The molecule has 2 amide bonds. The van der Waals surface area contributed by atoms with E-state index in [0.29, 0.717) is 5.56 Å². The number of carboxylic acid groups (broad SMARTS) is 1. The van der Waals surface area contributed by atoms with Crippen molar-refractivity contribution in [3.8, 4) is 0 Å². The van der Waals surface area contributed by atoms with Crippen LogP contribution in [-0.2, 0) is 9.59 Å². The summed E-state index contributed by atoms with van der Waals surface area (Å²) >= 11 is 0. The lowest BCUT2D eigenvalue weighted by atomic mass is 9.82. The highest BCUT2D eigenvalue weighted by molar-refractivity contribution is 6.32. The lowest BCUT2D eigenvalue weighted by Crippen LogP contribution is -2.26. The van der Waals surface area contributed by atoms with Gasteiger partial charge in [0.2, 0.25) is 5.91 Å². The third-order valence-corrected chi connectivity index (χ3v) is 5.43. The van der Waals surface area contributed by atoms with E-state index < -0.39 is 29.4 Å². The molecule has 8 nitrogen and oxygen atoms in total. The fraction of sp³-hybridized carbons (Fsp3) is 0.115. The van der Waals surface area contributed by atoms with Gasteiger partial charge in [0.1, 0.15) is 0 Å². The maximum atomic E-state index is 13.4. The van der Waals surface area contributed by atoms with Crippen molar-refractivity contribution in [1.82, 2.24) is 0 Å². The summed E-state index contributed by atoms with van der Waals surface area (Å²) in [5, 5.41) is 14.1. The number of aliphatic carboxylic acids is 1. The van der Waals surface area contributed by atoms with Crippen molar-refractivity contribution in [3.05, 3.63) is 94.5 Å². The second kappa shape index (κ2) is 9.50. The van der Waals surface area contributed by atoms with Gasteiger partial charge < -0.3 is 15.7 Å². The van der Waals surface area contributed by atoms with Crippen LogP contribution >= 0.6 is 0 Å². The lowest BCUT2D eigenvalue weighted by Gasteiger charge is -2.22. The predicted molar refractivity (Wildman–Crippen MR) is 124 cm³/mol. The highest BCUT2D eigenvalue weighted by Gasteiger charge is 2.34. The first-order valence-electron chi connectivity index (χ1n) is 10.6. The number of hydrogen-bond acceptors (Lipinski definition) is 5. The molecule has 0 aliphatic heterocycles. The summed E-state index contributed by atoms with van der Waals surface area (Å²) in [7, 11) is 0. The zero-order valence-corrected chi connectivity index (χ0v) is 18.0. The van der Waals surface area contributed by atoms with Crippen LogP contribution in [0.4, 0.5) is 11.4 Å². The van der Waals surface area contributed by atoms with Gasteiger partial charge in [0.25, 0.3) is 5.91 Å². The summed E-state index contributed by atoms with van der Waals surface area (Å²) in [5.74, 6) is -2.78. The molecule has 34 heavy (non-hydrogen) atoms. The molecule has 0 heterocycles. The van der Waals surface area contributed by atoms with Crippen LogP contribution in [0.1, 0.15) is 61.5 Å². The van der Waals surface area contributed by atoms with Gasteiger partial charge in [-0.3, -0.25) is 24.0 Å². The van der Waals surface area contributed by atoms with E-state index in [2.05, 4.69) is 10.6 Å². The van der Waals surface area contributed by atoms with Crippen LogP contribution in [0.15, 0.2) is 66.7 Å². The van der Waals surface area contributed by atoms with E-state index in [0.717, 1.165) is 0 Å². The minimum absolute atomic E-state index is 0.0373. The Labute approximate surface area is 194 Å². The molecule has 0 aromatic heterocycles. The van der Waals surface area contributed by atoms with Crippen molar-refractivity contribution in [2.45, 2.75) is 19.3 Å². The molecule has 3 aromatic carbocycles. The Morgan fingerprint density at radius 2 is 1.24 bits per heavy atom. The van der Waals surface area contributed by atoms with Crippen LogP contribution in [0.2, 0.25) is 0 Å². The number of ketones is 2. The van der Waals surface area contributed by atoms with E-state index >= 15 is 0 Å². The van der Waals surface area contributed by atoms with Gasteiger partial charge in [-0.15, -0.1) is 0 Å². The maximum absolute atomic E-state index is 13.4. The van der Waals surface area contributed by atoms with Crippen molar-refractivity contribution in [2.75, 3.05) is 10.6 Å². The Morgan fingerprint density at radius 3 is 1.79 bits per heavy atom. The summed E-state index contributed by atoms with van der Waals surface area (Å²) in [6.07, 6.45) is -0.0384. The van der Waals surface area contributed by atoms with Crippen LogP contribution in [0.3, 0.4) is 0 Å². The van der Waals surface area contributed by atoms with E-state index in [9.17, 15) is 24.0 Å². The van der Waals surface area contributed by atoms with Crippen LogP contribution in [0, 0.1) is 0 Å². The lowest BCUT2D eigenvalue weighted by molar-refractivity contribution is -0.137. The average molecular weight is 456 g/mol. The van der Waals surface area contributed by atoms with Gasteiger partial charge in [-0.1, -0.05) is 42.5 Å². The molecule has 0 atom stereocenters. The van der Waals surface area contributed by atoms with Crippen LogP contribution in [0.5, 0.6) is 0 Å². The van der Waals surface area contributed by atoms with E-state index in [1.54, 1.807) is 48.5 Å². The zero-order chi connectivity index (χ0) is 24.2. The SMILES string of the molecule is O=C(O)CCCC(=O)Nc1cccc2c1C(=O)c1cccc(NC(=O)c3ccccc3)c1C2=O. The fourth-order valence-electron chi connectivity index (χ4n) is 3.85. The van der Waals surface area contributed by atoms with Crippen molar-refractivity contribution in [3.63, 3.8) is 0 Å². The van der Waals surface area contributed by atoms with E-state index in [-0.39, 0.29) is 52.9 Å². The Balaban J connectivity index is 1.64. The molecule has 1 aliphatic rings. The smallest absolute Gasteiger partial charge is 0.303 e. The first kappa shape index (κ1) is 22.6. The minimum atomic E-state index is -1.00. The molecule has 0 radical (unpaired) electrons. The molecule has 0 unspecified atom stereocenters. The minimum Gasteiger partial charge on any atom is -0.481 e. The zero-order valence-electron chi connectivity index (χ0n) is 18.0. The average Bonchev–Trinajstić information content (AvgIpc) is 2.82. The first-order valence-corrected chi connectivity index (χ1v) is 10.6. The maximum Gasteiger partial charge on any atom is 0.303 e. The van der Waals surface area contributed by atoms with E-state index in [4.69, 9.17) is 5.11 Å². The van der Waals surface area contributed by atoms with Gasteiger partial charge in [-0.25, -0.2) is 0 Å². The quantitative estimate of drug-likeness (QED) is 0.387. The highest BCUT2D eigenvalue weighted by atomic mass is 16.4. The molecule has 0 fully saturated rings. The molecule has 0 bridgehead atoms. The molecular formula is C26H20N2O6. The Hall–Kier alpha value is -4.59. The van der Waals surface area contributed by atoms with Gasteiger partial charge in [0, 0.05) is 29.5 Å². The topological polar surface area (TPSA) is 130 Å². The van der Waals surface area contributed by atoms with Crippen molar-refractivity contribution >= 4 is 40.7 Å². The number of anilines is 2. The normalized spacial score (nSPS) is 11.9. The molecule has 0 saturated heterocycles. The number of fused-ring (bicyclic) bond motifs is 2. The van der Waals surface area contributed by atoms with Gasteiger partial charge in [0.05, 0.1) is 22.5 Å². The number of carbonyl (C=O) groups excluding carboxylic acids is 4. The van der Waals surface area contributed by atoms with Crippen molar-refractivity contribution < 1.29 is 29.1 Å². The second-order valence-corrected chi connectivity index (χ2v) is 7.73. The van der Waals surface area contributed by atoms with Crippen molar-refractivity contribution in [1.29, 1.82) is 0 Å². The van der Waals surface area contributed by atoms with E-state index in [1.807, 2.05) is 0 Å². The standard InChI is InChI=1S/C26H20N2O6/c29-20(13-6-14-21(30)31)27-18-11-4-9-16-22(18)24(32)17-10-5-12-19(23(17)25(16)33)28-26(34)15-7-2-1-3-8-15/h1-5,7-12H,6,13-14H2,(H,27,29)(H,28,34)(H,30,31). The predicted octanol–water partition coefficient (Wildman–Crippen LogP) is 3.91. The second-order valence-electron chi connectivity index (χ2n) is 7.73. The summed E-state index contributed by atoms with van der Waals surface area (Å²) in [4.78, 5) is 62.4. The molecule has 3 aromatic rings. The molecule has 3 N–H and O–H groups in total. The molecule has 1 aliphatic carbocycles. The third-order valence-electron chi connectivity index (χ3n) is 5.43. The molecule has 4 rings (SSSR count). The van der Waals surface area contributed by atoms with Crippen LogP contribution in [-0.4, -0.2) is 34.5 Å². The number of nitrogens with one attached hydrogen (secondary N) is 2. The fourth-order valence-corrected chi connectivity index (χ4v) is 3.85. The molecule has 0 spiro atoms. The van der Waals surface area contributed by atoms with Gasteiger partial charge in [-0.2, -0.15) is 0 Å². The van der Waals surface area contributed by atoms with Crippen LogP contribution in [0.25, 0.3) is 0 Å². The molecule has 8 heteroatoms. The molecule has 170 valence electrons. The molecule has 0 saturated carbocycles. The summed E-state index contributed by atoms with van der Waals surface area (Å²) in [6.45, 7) is 0. The first-order chi connectivity index (χ1) is 16.4. The Bertz CT molecular complexity index is 1330. The third kappa shape index (κ3) is 4.47. The van der Waals surface area contributed by atoms with E-state index in [1.165, 1.54) is 18.2 Å². The monoisotopic (exact) mass is 456 g/mol. The highest BCUT2D eigenvalue weighted by Crippen LogP contribution is 2.35. The largest absolute Gasteiger partial charge is 0.481 e. The summed E-state index contributed by atoms with van der Waals surface area (Å²) in [5.41, 5.74) is 1.20. The number of hydrogen-bond donors (Lipinski definition) is 3. The number of amides is 2. The summed E-state index contributed by atoms with van der Waals surface area (Å²) < 4.78 is 0. The summed E-state index contributed by atoms with van der Waals surface area (Å²) in [6, 6.07) is 17.7. The molecular weight excluding hydrogens is 436 g/mol. The Kier molecular flexibility index (Phi) is 6.31. The Morgan fingerprint density at radius 1 is 0.676 bits per heavy atom. The van der Waals surface area contributed by atoms with Crippen LogP contribution < -0.4 is 10.6 Å². The number of rotatable bonds is 7. The number of carboxylic acids is 1. The number of benzene rings is 3. The van der Waals surface area contributed by atoms with Gasteiger partial charge >= 0.3 is 5.97 Å². The number of carbonyl (C=O) groups is 5. The van der Waals surface area contributed by atoms with Gasteiger partial charge in [-0.05, 0) is 30.7 Å².